The molecule has 2 heterocycles. The number of hydrogen-bond donors (Lipinski definition) is 1. The van der Waals surface area contributed by atoms with Gasteiger partial charge in [-0.05, 0) is 67.1 Å². The van der Waals surface area contributed by atoms with Gasteiger partial charge in [-0.3, -0.25) is 9.59 Å². The second kappa shape index (κ2) is 10.7. The van der Waals surface area contributed by atoms with Gasteiger partial charge in [-0.1, -0.05) is 11.6 Å². The van der Waals surface area contributed by atoms with Crippen molar-refractivity contribution < 1.29 is 14.3 Å². The van der Waals surface area contributed by atoms with Gasteiger partial charge in [0.05, 0.1) is 12.5 Å². The Bertz CT molecular complexity index is 1040. The van der Waals surface area contributed by atoms with Crippen LogP contribution in [0.4, 0.5) is 0 Å². The van der Waals surface area contributed by atoms with Crippen molar-refractivity contribution in [3.05, 3.63) is 63.0 Å². The fourth-order valence-electron chi connectivity index (χ4n) is 4.49. The van der Waals surface area contributed by atoms with Gasteiger partial charge in [0, 0.05) is 50.6 Å². The minimum absolute atomic E-state index is 0.0214. The van der Waals surface area contributed by atoms with Crippen molar-refractivity contribution in [3.8, 4) is 5.75 Å². The Labute approximate surface area is 199 Å². The van der Waals surface area contributed by atoms with Gasteiger partial charge in [-0.15, -0.1) is 0 Å². The topological polar surface area (TPSA) is 72.8 Å². The van der Waals surface area contributed by atoms with E-state index >= 15 is 0 Å². The Balaban J connectivity index is 1.55. The van der Waals surface area contributed by atoms with Gasteiger partial charge in [0.1, 0.15) is 12.4 Å². The second-order valence-electron chi connectivity index (χ2n) is 8.91. The first kappa shape index (κ1) is 23.8. The highest BCUT2D eigenvalue weighted by Crippen LogP contribution is 2.36. The lowest BCUT2D eigenvalue weighted by atomic mass is 9.80. The molecular weight excluding hydrogens is 442 g/mol. The predicted octanol–water partition coefficient (Wildman–Crippen LogP) is 2.95. The summed E-state index contributed by atoms with van der Waals surface area (Å²) in [4.78, 5) is 28.1. The molecule has 1 N–H and O–H groups in total. The highest BCUT2D eigenvalue weighted by atomic mass is 35.5. The number of nitrogens with zero attached hydrogens (tertiary/aromatic N) is 2. The number of carbonyl (C=O) groups excluding carboxylic acids is 1. The zero-order valence-corrected chi connectivity index (χ0v) is 20.0. The van der Waals surface area contributed by atoms with Crippen LogP contribution in [0.2, 0.25) is 5.02 Å². The van der Waals surface area contributed by atoms with Gasteiger partial charge in [0.25, 0.3) is 5.56 Å². The summed E-state index contributed by atoms with van der Waals surface area (Å²) in [6.45, 7) is 2.84. The lowest BCUT2D eigenvalue weighted by Crippen LogP contribution is -2.47. The van der Waals surface area contributed by atoms with E-state index in [-0.39, 0.29) is 29.3 Å². The van der Waals surface area contributed by atoms with Gasteiger partial charge in [0.2, 0.25) is 5.91 Å². The molecule has 0 radical (unpaired) electrons. The van der Waals surface area contributed by atoms with Crippen LogP contribution in [0.1, 0.15) is 36.3 Å². The molecule has 1 saturated heterocycles. The van der Waals surface area contributed by atoms with Crippen molar-refractivity contribution in [3.63, 3.8) is 0 Å². The maximum atomic E-state index is 13.8. The Morgan fingerprint density at radius 2 is 2.03 bits per heavy atom. The third-order valence-electron chi connectivity index (χ3n) is 6.54. The van der Waals surface area contributed by atoms with Crippen LogP contribution in [0.15, 0.2) is 41.3 Å². The van der Waals surface area contributed by atoms with E-state index in [1.165, 1.54) is 0 Å². The highest BCUT2D eigenvalue weighted by Gasteiger charge is 2.40. The van der Waals surface area contributed by atoms with E-state index in [9.17, 15) is 9.59 Å². The summed E-state index contributed by atoms with van der Waals surface area (Å²) >= 11 is 6.51. The maximum Gasteiger partial charge on any atom is 0.250 e. The summed E-state index contributed by atoms with van der Waals surface area (Å²) in [5, 5.41) is 4.00. The molecule has 178 valence electrons. The standard InChI is InChI=1S/C25H32ClN3O4/c1-28-10-8-17(14-24(28)30)21-7-9-27-15-22(21)25(31)29(19-3-4-19)16-18-13-20(5-6-23(18)26)33-12-11-32-2/h5-6,8,10,13-14,19,21-22,27H,3-4,7,9,11-12,15-16H2,1-2H3. The van der Waals surface area contributed by atoms with E-state index in [2.05, 4.69) is 5.32 Å². The lowest BCUT2D eigenvalue weighted by Gasteiger charge is -2.36. The number of halogens is 1. The van der Waals surface area contributed by atoms with Crippen molar-refractivity contribution in [2.24, 2.45) is 13.0 Å². The number of nitrogens with one attached hydrogen (secondary N) is 1. The molecule has 1 aliphatic heterocycles. The number of methoxy groups -OCH3 is 1. The fraction of sp³-hybridized carbons (Fsp3) is 0.520. The smallest absolute Gasteiger partial charge is 0.250 e. The number of aryl methyl sites for hydroxylation is 1. The molecule has 0 spiro atoms. The van der Waals surface area contributed by atoms with Crippen molar-refractivity contribution in [2.75, 3.05) is 33.4 Å². The monoisotopic (exact) mass is 473 g/mol. The molecular formula is C25H32ClN3O4. The second-order valence-corrected chi connectivity index (χ2v) is 9.31. The summed E-state index contributed by atoms with van der Waals surface area (Å²) in [6, 6.07) is 9.45. The quantitative estimate of drug-likeness (QED) is 0.567. The average molecular weight is 474 g/mol. The van der Waals surface area contributed by atoms with E-state index in [0.29, 0.717) is 37.1 Å². The number of aromatic nitrogens is 1. The van der Waals surface area contributed by atoms with E-state index < -0.39 is 0 Å². The summed E-state index contributed by atoms with van der Waals surface area (Å²) in [7, 11) is 3.37. The van der Waals surface area contributed by atoms with Crippen LogP contribution in [-0.2, 0) is 23.1 Å². The minimum Gasteiger partial charge on any atom is -0.491 e. The van der Waals surface area contributed by atoms with E-state index in [4.69, 9.17) is 21.1 Å². The molecule has 33 heavy (non-hydrogen) atoms. The molecule has 2 atom stereocenters. The fourth-order valence-corrected chi connectivity index (χ4v) is 4.66. The summed E-state index contributed by atoms with van der Waals surface area (Å²) in [5.74, 6) is 0.642. The minimum atomic E-state index is -0.216. The van der Waals surface area contributed by atoms with Crippen LogP contribution >= 0.6 is 11.6 Å². The number of carbonyl (C=O) groups is 1. The molecule has 0 bridgehead atoms. The molecule has 4 rings (SSSR count). The molecule has 2 unspecified atom stereocenters. The number of ether oxygens (including phenoxy) is 2. The van der Waals surface area contributed by atoms with Gasteiger partial charge >= 0.3 is 0 Å². The largest absolute Gasteiger partial charge is 0.491 e. The molecule has 2 aliphatic rings. The Morgan fingerprint density at radius 1 is 1.21 bits per heavy atom. The van der Waals surface area contributed by atoms with E-state index in [1.54, 1.807) is 31.0 Å². The highest BCUT2D eigenvalue weighted by molar-refractivity contribution is 6.31. The summed E-state index contributed by atoms with van der Waals surface area (Å²) in [5.41, 5.74) is 1.77. The zero-order chi connectivity index (χ0) is 23.4. The van der Waals surface area contributed by atoms with Crippen molar-refractivity contribution >= 4 is 17.5 Å². The molecule has 1 amide bonds. The van der Waals surface area contributed by atoms with Gasteiger partial charge < -0.3 is 24.3 Å². The SMILES string of the molecule is COCCOc1ccc(Cl)c(CN(C(=O)C2CNCCC2c2ccn(C)c(=O)c2)C2CC2)c1. The van der Waals surface area contributed by atoms with Crippen molar-refractivity contribution in [2.45, 2.75) is 37.8 Å². The van der Waals surface area contributed by atoms with Crippen molar-refractivity contribution in [1.82, 2.24) is 14.8 Å². The lowest BCUT2D eigenvalue weighted by molar-refractivity contribution is -0.138. The molecule has 1 aliphatic carbocycles. The van der Waals surface area contributed by atoms with Gasteiger partial charge in [-0.2, -0.15) is 0 Å². The van der Waals surface area contributed by atoms with Gasteiger partial charge in [0.15, 0.2) is 0 Å². The van der Waals surface area contributed by atoms with Crippen LogP contribution in [-0.4, -0.2) is 54.8 Å². The first-order valence-corrected chi connectivity index (χ1v) is 11.9. The van der Waals surface area contributed by atoms with Crippen molar-refractivity contribution in [1.29, 1.82) is 0 Å². The number of benzene rings is 1. The van der Waals surface area contributed by atoms with Crippen LogP contribution in [0.25, 0.3) is 0 Å². The third kappa shape index (κ3) is 5.78. The van der Waals surface area contributed by atoms with Crippen LogP contribution in [0.3, 0.4) is 0 Å². The number of pyridine rings is 1. The Morgan fingerprint density at radius 3 is 2.76 bits per heavy atom. The molecule has 7 nitrogen and oxygen atoms in total. The number of hydrogen-bond acceptors (Lipinski definition) is 5. The van der Waals surface area contributed by atoms with Crippen LogP contribution in [0, 0.1) is 5.92 Å². The zero-order valence-electron chi connectivity index (χ0n) is 19.3. The first-order valence-electron chi connectivity index (χ1n) is 11.6. The predicted molar refractivity (Wildman–Crippen MR) is 128 cm³/mol. The number of rotatable bonds is 9. The molecule has 2 fully saturated rings. The summed E-state index contributed by atoms with van der Waals surface area (Å²) in [6.07, 6.45) is 4.62. The normalized spacial score (nSPS) is 20.5. The number of amides is 1. The molecule has 1 aromatic carbocycles. The Kier molecular flexibility index (Phi) is 7.73. The van der Waals surface area contributed by atoms with Gasteiger partial charge in [-0.25, -0.2) is 0 Å². The van der Waals surface area contributed by atoms with Crippen LogP contribution in [0.5, 0.6) is 5.75 Å². The third-order valence-corrected chi connectivity index (χ3v) is 6.91. The van der Waals surface area contributed by atoms with Crippen LogP contribution < -0.4 is 15.6 Å². The first-order chi connectivity index (χ1) is 16.0. The van der Waals surface area contributed by atoms with E-state index in [1.807, 2.05) is 29.2 Å². The average Bonchev–Trinajstić information content (AvgIpc) is 3.66. The molecule has 8 heteroatoms. The maximum absolute atomic E-state index is 13.8. The molecule has 1 saturated carbocycles. The molecule has 1 aromatic heterocycles. The Hall–Kier alpha value is -2.35. The van der Waals surface area contributed by atoms with E-state index in [0.717, 1.165) is 36.9 Å². The number of piperidine rings is 1. The summed E-state index contributed by atoms with van der Waals surface area (Å²) < 4.78 is 12.4. The molecule has 2 aromatic rings.